The maximum absolute atomic E-state index is 12.1. The van der Waals surface area contributed by atoms with Crippen LogP contribution in [-0.4, -0.2) is 56.1 Å². The Morgan fingerprint density at radius 1 is 1.24 bits per heavy atom. The average molecular weight is 421 g/mol. The van der Waals surface area contributed by atoms with Crippen molar-refractivity contribution in [2.45, 2.75) is 51.0 Å². The summed E-state index contributed by atoms with van der Waals surface area (Å²) in [5, 5.41) is 10.4. The van der Waals surface area contributed by atoms with Gasteiger partial charge in [-0.3, -0.25) is 9.79 Å². The van der Waals surface area contributed by atoms with Gasteiger partial charge in [0.1, 0.15) is 5.82 Å². The van der Waals surface area contributed by atoms with Crippen LogP contribution in [0.3, 0.4) is 0 Å². The molecule has 1 unspecified atom stereocenters. The lowest BCUT2D eigenvalue weighted by Gasteiger charge is -2.21. The van der Waals surface area contributed by atoms with Crippen molar-refractivity contribution in [3.63, 3.8) is 0 Å². The fraction of sp³-hybridized carbons (Fsp3) is 0.667. The number of pyridine rings is 1. The third kappa shape index (κ3) is 6.77. The largest absolute Gasteiger partial charge is 0.355 e. The molecule has 1 amide bonds. The van der Waals surface area contributed by atoms with Crippen LogP contribution in [0.5, 0.6) is 0 Å². The van der Waals surface area contributed by atoms with Gasteiger partial charge in [0.15, 0.2) is 5.96 Å². The summed E-state index contributed by atoms with van der Waals surface area (Å²) in [5.74, 6) is 2.33. The molecule has 7 nitrogen and oxygen atoms in total. The van der Waals surface area contributed by atoms with E-state index in [0.717, 1.165) is 31.3 Å². The molecule has 3 N–H and O–H groups in total. The lowest BCUT2D eigenvalue weighted by molar-refractivity contribution is -0.122. The fourth-order valence-electron chi connectivity index (χ4n) is 4.18. The summed E-state index contributed by atoms with van der Waals surface area (Å²) in [6, 6.07) is 3.99. The Labute approximate surface area is 178 Å². The summed E-state index contributed by atoms with van der Waals surface area (Å²) in [6.07, 6.45) is 9.69. The Morgan fingerprint density at radius 2 is 2.03 bits per heavy atom. The number of hydrogen-bond acceptors (Lipinski definition) is 4. The molecule has 0 radical (unpaired) electrons. The number of carbonyl (C=O) groups is 1. The first kappa shape index (κ1) is 21.7. The predicted octanol–water partition coefficient (Wildman–Crippen LogP) is 2.57. The highest BCUT2D eigenvalue weighted by Crippen LogP contribution is 2.26. The Morgan fingerprint density at radius 3 is 2.79 bits per heavy atom. The van der Waals surface area contributed by atoms with Gasteiger partial charge in [-0.1, -0.05) is 30.9 Å². The van der Waals surface area contributed by atoms with Gasteiger partial charge < -0.3 is 20.9 Å². The molecule has 160 valence electrons. The van der Waals surface area contributed by atoms with E-state index in [1.807, 2.05) is 12.1 Å². The van der Waals surface area contributed by atoms with Gasteiger partial charge in [-0.25, -0.2) is 4.98 Å². The molecule has 1 aliphatic carbocycles. The first-order valence-corrected chi connectivity index (χ1v) is 11.1. The molecule has 0 bridgehead atoms. The second kappa shape index (κ2) is 11.2. The molecule has 1 aromatic rings. The molecule has 2 fully saturated rings. The number of rotatable bonds is 7. The van der Waals surface area contributed by atoms with Crippen molar-refractivity contribution in [3.05, 3.63) is 23.4 Å². The van der Waals surface area contributed by atoms with Crippen LogP contribution >= 0.6 is 11.6 Å². The highest BCUT2D eigenvalue weighted by molar-refractivity contribution is 6.32. The van der Waals surface area contributed by atoms with Gasteiger partial charge >= 0.3 is 0 Å². The van der Waals surface area contributed by atoms with Crippen LogP contribution in [0, 0.1) is 5.92 Å². The molecule has 8 heteroatoms. The summed E-state index contributed by atoms with van der Waals surface area (Å²) in [6.45, 7) is 2.99. The first-order valence-electron chi connectivity index (χ1n) is 10.7. The minimum Gasteiger partial charge on any atom is -0.355 e. The van der Waals surface area contributed by atoms with Gasteiger partial charge in [-0.2, -0.15) is 0 Å². The van der Waals surface area contributed by atoms with Gasteiger partial charge in [0.25, 0.3) is 0 Å². The number of aromatic nitrogens is 1. The summed E-state index contributed by atoms with van der Waals surface area (Å²) in [4.78, 5) is 23.0. The quantitative estimate of drug-likeness (QED) is 0.359. The van der Waals surface area contributed by atoms with E-state index < -0.39 is 0 Å². The predicted molar refractivity (Wildman–Crippen MR) is 119 cm³/mol. The van der Waals surface area contributed by atoms with Crippen molar-refractivity contribution in [1.82, 2.24) is 20.9 Å². The number of carbonyl (C=O) groups excluding carboxylic acids is 1. The number of amides is 1. The molecule has 1 aromatic heterocycles. The Balaban J connectivity index is 1.33. The topological polar surface area (TPSA) is 81.6 Å². The molecule has 2 aliphatic rings. The van der Waals surface area contributed by atoms with Crippen LogP contribution in [0.15, 0.2) is 23.3 Å². The Hall–Kier alpha value is -2.02. The standard InChI is InChI=1S/C21H33ClN6O/c1-23-21(26-12-11-24-19(29)14-16-6-3-2-4-7-16)27-17-9-13-28(15-17)20-18(22)8-5-10-25-20/h5,8,10,16-17H,2-4,6-7,9,11-15H2,1H3,(H,24,29)(H2,23,26,27). The van der Waals surface area contributed by atoms with Gasteiger partial charge in [0, 0.05) is 51.9 Å². The zero-order chi connectivity index (χ0) is 20.5. The molecule has 1 saturated heterocycles. The van der Waals surface area contributed by atoms with Gasteiger partial charge in [0.05, 0.1) is 5.02 Å². The summed E-state index contributed by atoms with van der Waals surface area (Å²) >= 11 is 6.26. The average Bonchev–Trinajstić information content (AvgIpc) is 3.19. The van der Waals surface area contributed by atoms with Crippen LogP contribution in [0.4, 0.5) is 5.82 Å². The third-order valence-electron chi connectivity index (χ3n) is 5.73. The monoisotopic (exact) mass is 420 g/mol. The summed E-state index contributed by atoms with van der Waals surface area (Å²) in [5.41, 5.74) is 0. The Bertz CT molecular complexity index is 692. The molecular formula is C21H33ClN6O. The van der Waals surface area contributed by atoms with Crippen LogP contribution in [0.2, 0.25) is 5.02 Å². The molecule has 1 aliphatic heterocycles. The summed E-state index contributed by atoms with van der Waals surface area (Å²) < 4.78 is 0. The lowest BCUT2D eigenvalue weighted by Crippen LogP contribution is -2.46. The van der Waals surface area contributed by atoms with Crippen molar-refractivity contribution in [2.75, 3.05) is 38.1 Å². The Kier molecular flexibility index (Phi) is 8.40. The minimum absolute atomic E-state index is 0.167. The maximum Gasteiger partial charge on any atom is 0.220 e. The molecule has 0 spiro atoms. The van der Waals surface area contributed by atoms with E-state index in [0.29, 0.717) is 30.5 Å². The number of guanidine groups is 1. The minimum atomic E-state index is 0.167. The number of nitrogens with zero attached hydrogens (tertiary/aromatic N) is 3. The number of nitrogens with one attached hydrogen (secondary N) is 3. The van der Waals surface area contributed by atoms with Crippen LogP contribution in [0.1, 0.15) is 44.9 Å². The zero-order valence-electron chi connectivity index (χ0n) is 17.3. The second-order valence-electron chi connectivity index (χ2n) is 7.94. The van der Waals surface area contributed by atoms with E-state index in [9.17, 15) is 4.79 Å². The molecule has 1 atom stereocenters. The van der Waals surface area contributed by atoms with Crippen molar-refractivity contribution >= 4 is 29.3 Å². The number of anilines is 1. The van der Waals surface area contributed by atoms with E-state index in [1.165, 1.54) is 32.1 Å². The molecule has 0 aromatic carbocycles. The van der Waals surface area contributed by atoms with Crippen molar-refractivity contribution in [2.24, 2.45) is 10.9 Å². The van der Waals surface area contributed by atoms with E-state index in [1.54, 1.807) is 13.2 Å². The van der Waals surface area contributed by atoms with Gasteiger partial charge in [-0.05, 0) is 37.3 Å². The number of halogens is 1. The molecule has 3 rings (SSSR count). The lowest BCUT2D eigenvalue weighted by atomic mass is 9.87. The molecular weight excluding hydrogens is 388 g/mol. The van der Waals surface area contributed by atoms with Gasteiger partial charge in [0.2, 0.25) is 5.91 Å². The number of hydrogen-bond donors (Lipinski definition) is 3. The van der Waals surface area contributed by atoms with Crippen molar-refractivity contribution in [1.29, 1.82) is 0 Å². The highest BCUT2D eigenvalue weighted by Gasteiger charge is 2.25. The maximum atomic E-state index is 12.1. The number of aliphatic imine (C=N–C) groups is 1. The van der Waals surface area contributed by atoms with Crippen molar-refractivity contribution < 1.29 is 4.79 Å². The van der Waals surface area contributed by atoms with Crippen molar-refractivity contribution in [3.8, 4) is 0 Å². The van der Waals surface area contributed by atoms with E-state index in [-0.39, 0.29) is 11.9 Å². The van der Waals surface area contributed by atoms with E-state index in [4.69, 9.17) is 11.6 Å². The SMILES string of the molecule is CN=C(NCCNC(=O)CC1CCCCC1)NC1CCN(c2ncccc2Cl)C1. The zero-order valence-corrected chi connectivity index (χ0v) is 18.0. The van der Waals surface area contributed by atoms with Crippen LogP contribution in [0.25, 0.3) is 0 Å². The highest BCUT2D eigenvalue weighted by atomic mass is 35.5. The smallest absolute Gasteiger partial charge is 0.220 e. The van der Waals surface area contributed by atoms with Gasteiger partial charge in [-0.15, -0.1) is 0 Å². The third-order valence-corrected chi connectivity index (χ3v) is 6.02. The molecule has 2 heterocycles. The van der Waals surface area contributed by atoms with E-state index in [2.05, 4.69) is 30.8 Å². The fourth-order valence-corrected chi connectivity index (χ4v) is 4.42. The molecule has 29 heavy (non-hydrogen) atoms. The second-order valence-corrected chi connectivity index (χ2v) is 8.35. The first-order chi connectivity index (χ1) is 14.2. The molecule has 1 saturated carbocycles. The van der Waals surface area contributed by atoms with E-state index >= 15 is 0 Å². The normalized spacial score (nSPS) is 20.6. The van der Waals surface area contributed by atoms with Crippen LogP contribution in [-0.2, 0) is 4.79 Å². The summed E-state index contributed by atoms with van der Waals surface area (Å²) in [7, 11) is 1.76. The van der Waals surface area contributed by atoms with Crippen LogP contribution < -0.4 is 20.9 Å².